The Bertz CT molecular complexity index is 452. The van der Waals surface area contributed by atoms with Gasteiger partial charge in [0.2, 0.25) is 0 Å². The number of nitrogens with one attached hydrogen (secondary N) is 1. The zero-order chi connectivity index (χ0) is 11.8. The minimum Gasteiger partial charge on any atom is -0.477 e. The van der Waals surface area contributed by atoms with E-state index in [0.717, 1.165) is 12.8 Å². The van der Waals surface area contributed by atoms with Crippen LogP contribution in [-0.4, -0.2) is 27.5 Å². The molecular formula is C11H12N2O3. The molecule has 1 aliphatic rings. The van der Waals surface area contributed by atoms with Crippen LogP contribution in [0.3, 0.4) is 0 Å². The Kier molecular flexibility index (Phi) is 2.38. The minimum atomic E-state index is -1.13. The van der Waals surface area contributed by atoms with Gasteiger partial charge in [0.15, 0.2) is 0 Å². The molecule has 2 rings (SSSR count). The van der Waals surface area contributed by atoms with Crippen molar-refractivity contribution in [3.8, 4) is 0 Å². The van der Waals surface area contributed by atoms with Gasteiger partial charge in [0, 0.05) is 5.54 Å². The third-order valence-electron chi connectivity index (χ3n) is 2.62. The number of aromatic carboxylic acids is 1. The zero-order valence-corrected chi connectivity index (χ0v) is 8.86. The first-order chi connectivity index (χ1) is 7.50. The average molecular weight is 220 g/mol. The second-order valence-electron chi connectivity index (χ2n) is 4.23. The quantitative estimate of drug-likeness (QED) is 0.798. The lowest BCUT2D eigenvalue weighted by Crippen LogP contribution is -2.34. The molecule has 5 heteroatoms. The van der Waals surface area contributed by atoms with E-state index in [2.05, 4.69) is 10.3 Å². The Balaban J connectivity index is 2.16. The summed E-state index contributed by atoms with van der Waals surface area (Å²) in [7, 11) is 0. The molecule has 0 radical (unpaired) electrons. The van der Waals surface area contributed by atoms with Crippen LogP contribution in [0.15, 0.2) is 18.2 Å². The van der Waals surface area contributed by atoms with E-state index >= 15 is 0 Å². The first-order valence-electron chi connectivity index (χ1n) is 5.03. The van der Waals surface area contributed by atoms with Crippen LogP contribution in [0.1, 0.15) is 40.7 Å². The van der Waals surface area contributed by atoms with Gasteiger partial charge in [0.1, 0.15) is 11.4 Å². The molecular weight excluding hydrogens is 208 g/mol. The van der Waals surface area contributed by atoms with Crippen LogP contribution in [0.2, 0.25) is 0 Å². The summed E-state index contributed by atoms with van der Waals surface area (Å²) >= 11 is 0. The number of nitrogens with zero attached hydrogens (tertiary/aromatic N) is 1. The summed E-state index contributed by atoms with van der Waals surface area (Å²) in [5, 5.41) is 11.6. The molecule has 2 N–H and O–H groups in total. The molecule has 1 aromatic heterocycles. The van der Waals surface area contributed by atoms with Gasteiger partial charge in [0.05, 0.1) is 0 Å². The van der Waals surface area contributed by atoms with E-state index in [4.69, 9.17) is 5.11 Å². The van der Waals surface area contributed by atoms with Gasteiger partial charge in [-0.1, -0.05) is 6.07 Å². The molecule has 1 aliphatic carbocycles. The second kappa shape index (κ2) is 3.59. The van der Waals surface area contributed by atoms with E-state index in [9.17, 15) is 9.59 Å². The highest BCUT2D eigenvalue weighted by molar-refractivity contribution is 5.94. The Morgan fingerprint density at radius 2 is 2.00 bits per heavy atom. The standard InChI is InChI=1S/C11H12N2O3/c1-11(5-6-11)13-9(14)7-3-2-4-8(12-7)10(15)16/h2-4H,5-6H2,1H3,(H,13,14)(H,15,16). The van der Waals surface area contributed by atoms with Gasteiger partial charge >= 0.3 is 5.97 Å². The lowest BCUT2D eigenvalue weighted by molar-refractivity contribution is 0.0690. The topological polar surface area (TPSA) is 79.3 Å². The Hall–Kier alpha value is -1.91. The molecule has 0 aliphatic heterocycles. The number of amides is 1. The summed E-state index contributed by atoms with van der Waals surface area (Å²) in [6.07, 6.45) is 1.91. The number of carbonyl (C=O) groups excluding carboxylic acids is 1. The zero-order valence-electron chi connectivity index (χ0n) is 8.86. The van der Waals surface area contributed by atoms with Gasteiger partial charge in [0.25, 0.3) is 5.91 Å². The molecule has 1 heterocycles. The van der Waals surface area contributed by atoms with Crippen molar-refractivity contribution in [3.05, 3.63) is 29.6 Å². The lowest BCUT2D eigenvalue weighted by Gasteiger charge is -2.10. The summed E-state index contributed by atoms with van der Waals surface area (Å²) in [5.74, 6) is -1.45. The van der Waals surface area contributed by atoms with Gasteiger partial charge in [-0.25, -0.2) is 9.78 Å². The summed E-state index contributed by atoms with van der Waals surface area (Å²) in [4.78, 5) is 26.2. The third kappa shape index (κ3) is 2.18. The number of hydrogen-bond acceptors (Lipinski definition) is 3. The van der Waals surface area contributed by atoms with Crippen molar-refractivity contribution in [2.45, 2.75) is 25.3 Å². The fraction of sp³-hybridized carbons (Fsp3) is 0.364. The van der Waals surface area contributed by atoms with Crippen LogP contribution in [0.4, 0.5) is 0 Å². The van der Waals surface area contributed by atoms with Crippen molar-refractivity contribution in [3.63, 3.8) is 0 Å². The van der Waals surface area contributed by atoms with Crippen LogP contribution in [-0.2, 0) is 0 Å². The lowest BCUT2D eigenvalue weighted by atomic mass is 10.2. The SMILES string of the molecule is CC1(NC(=O)c2cccc(C(=O)O)n2)CC1. The number of rotatable bonds is 3. The highest BCUT2D eigenvalue weighted by atomic mass is 16.4. The highest BCUT2D eigenvalue weighted by Crippen LogP contribution is 2.34. The Morgan fingerprint density at radius 3 is 2.56 bits per heavy atom. The molecule has 0 bridgehead atoms. The van der Waals surface area contributed by atoms with E-state index < -0.39 is 5.97 Å². The fourth-order valence-electron chi connectivity index (χ4n) is 1.33. The number of carboxylic acid groups (broad SMARTS) is 1. The summed E-state index contributed by atoms with van der Waals surface area (Å²) in [6.45, 7) is 1.95. The normalized spacial score (nSPS) is 16.6. The minimum absolute atomic E-state index is 0.117. The van der Waals surface area contributed by atoms with E-state index in [-0.39, 0.29) is 22.8 Å². The summed E-state index contributed by atoms with van der Waals surface area (Å²) in [6, 6.07) is 4.38. The number of carboxylic acids is 1. The summed E-state index contributed by atoms with van der Waals surface area (Å²) < 4.78 is 0. The molecule has 0 spiro atoms. The first-order valence-corrected chi connectivity index (χ1v) is 5.03. The van der Waals surface area contributed by atoms with E-state index in [1.807, 2.05) is 6.92 Å². The first kappa shape index (κ1) is 10.6. The van der Waals surface area contributed by atoms with Crippen LogP contribution in [0, 0.1) is 0 Å². The van der Waals surface area contributed by atoms with Crippen molar-refractivity contribution < 1.29 is 14.7 Å². The largest absolute Gasteiger partial charge is 0.477 e. The van der Waals surface area contributed by atoms with E-state index in [0.29, 0.717) is 0 Å². The van der Waals surface area contributed by atoms with Crippen molar-refractivity contribution in [1.29, 1.82) is 0 Å². The van der Waals surface area contributed by atoms with Crippen molar-refractivity contribution in [2.75, 3.05) is 0 Å². The number of pyridine rings is 1. The maximum absolute atomic E-state index is 11.7. The molecule has 0 saturated heterocycles. The molecule has 0 aromatic carbocycles. The van der Waals surface area contributed by atoms with Crippen molar-refractivity contribution in [2.24, 2.45) is 0 Å². The second-order valence-corrected chi connectivity index (χ2v) is 4.23. The van der Waals surface area contributed by atoms with Gasteiger partial charge in [-0.05, 0) is 31.9 Å². The van der Waals surface area contributed by atoms with E-state index in [1.165, 1.54) is 18.2 Å². The molecule has 84 valence electrons. The molecule has 0 atom stereocenters. The smallest absolute Gasteiger partial charge is 0.354 e. The third-order valence-corrected chi connectivity index (χ3v) is 2.62. The van der Waals surface area contributed by atoms with E-state index in [1.54, 1.807) is 0 Å². The Labute approximate surface area is 92.5 Å². The van der Waals surface area contributed by atoms with Crippen LogP contribution in [0.25, 0.3) is 0 Å². The monoisotopic (exact) mass is 220 g/mol. The maximum Gasteiger partial charge on any atom is 0.354 e. The number of carbonyl (C=O) groups is 2. The van der Waals surface area contributed by atoms with Crippen LogP contribution < -0.4 is 5.32 Å². The van der Waals surface area contributed by atoms with Gasteiger partial charge in [-0.2, -0.15) is 0 Å². The fourth-order valence-corrected chi connectivity index (χ4v) is 1.33. The number of hydrogen-bond donors (Lipinski definition) is 2. The molecule has 1 aromatic rings. The van der Waals surface area contributed by atoms with Crippen LogP contribution >= 0.6 is 0 Å². The van der Waals surface area contributed by atoms with Gasteiger partial charge in [-0.15, -0.1) is 0 Å². The predicted octanol–water partition coefficient (Wildman–Crippen LogP) is 1.06. The molecule has 5 nitrogen and oxygen atoms in total. The molecule has 1 saturated carbocycles. The van der Waals surface area contributed by atoms with Crippen molar-refractivity contribution >= 4 is 11.9 Å². The molecule has 16 heavy (non-hydrogen) atoms. The highest BCUT2D eigenvalue weighted by Gasteiger charge is 2.39. The average Bonchev–Trinajstić information content (AvgIpc) is 2.96. The summed E-state index contributed by atoms with van der Waals surface area (Å²) in [5.41, 5.74) is -0.0977. The van der Waals surface area contributed by atoms with Crippen molar-refractivity contribution in [1.82, 2.24) is 10.3 Å². The predicted molar refractivity (Wildman–Crippen MR) is 56.3 cm³/mol. The van der Waals surface area contributed by atoms with Gasteiger partial charge < -0.3 is 10.4 Å². The molecule has 1 amide bonds. The van der Waals surface area contributed by atoms with Gasteiger partial charge in [-0.3, -0.25) is 4.79 Å². The van der Waals surface area contributed by atoms with Crippen LogP contribution in [0.5, 0.6) is 0 Å². The molecule has 0 unspecified atom stereocenters. The Morgan fingerprint density at radius 1 is 1.38 bits per heavy atom. The number of aromatic nitrogens is 1. The molecule has 1 fully saturated rings. The maximum atomic E-state index is 11.7.